The van der Waals surface area contributed by atoms with Gasteiger partial charge in [-0.1, -0.05) is 23.2 Å². The third-order valence-electron chi connectivity index (χ3n) is 4.75. The smallest absolute Gasteiger partial charge is 0.263 e. The van der Waals surface area contributed by atoms with Gasteiger partial charge in [-0.3, -0.25) is 4.72 Å². The van der Waals surface area contributed by atoms with Crippen LogP contribution in [-0.2, 0) is 14.8 Å². The van der Waals surface area contributed by atoms with Crippen LogP contribution >= 0.6 is 23.2 Å². The normalized spacial score (nSPS) is 14.3. The second-order valence-electron chi connectivity index (χ2n) is 7.17. The van der Waals surface area contributed by atoms with Gasteiger partial charge in [0.05, 0.1) is 18.2 Å². The number of anilines is 4. The maximum atomic E-state index is 12.7. The summed E-state index contributed by atoms with van der Waals surface area (Å²) in [7, 11) is -3.89. The van der Waals surface area contributed by atoms with Gasteiger partial charge in [0.25, 0.3) is 10.0 Å². The molecule has 0 atom stereocenters. The SMILES string of the molecule is Cc1cc(N2CCOCC2)nc(Nc2ccc(NS(=O)(=O)c3cc(Cl)ccc3Cl)cc2)n1. The van der Waals surface area contributed by atoms with Crippen LogP contribution in [0.15, 0.2) is 53.4 Å². The Balaban J connectivity index is 1.48. The van der Waals surface area contributed by atoms with Crippen molar-refractivity contribution in [2.24, 2.45) is 0 Å². The minimum absolute atomic E-state index is 0.0855. The monoisotopic (exact) mass is 493 g/mol. The van der Waals surface area contributed by atoms with Gasteiger partial charge in [-0.05, 0) is 49.4 Å². The van der Waals surface area contributed by atoms with E-state index in [1.165, 1.54) is 18.2 Å². The molecular formula is C21H21Cl2N5O3S. The highest BCUT2D eigenvalue weighted by Crippen LogP contribution is 2.27. The Hall–Kier alpha value is -2.59. The molecule has 3 aromatic rings. The number of halogens is 2. The number of nitrogens with one attached hydrogen (secondary N) is 2. The second-order valence-corrected chi connectivity index (χ2v) is 9.67. The first kappa shape index (κ1) is 22.6. The lowest BCUT2D eigenvalue weighted by molar-refractivity contribution is 0.122. The highest BCUT2D eigenvalue weighted by molar-refractivity contribution is 7.92. The largest absolute Gasteiger partial charge is 0.378 e. The quantitative estimate of drug-likeness (QED) is 0.522. The number of ether oxygens (including phenoxy) is 1. The number of sulfonamides is 1. The van der Waals surface area contributed by atoms with E-state index in [1.54, 1.807) is 24.3 Å². The zero-order chi connectivity index (χ0) is 22.7. The average molecular weight is 494 g/mol. The highest BCUT2D eigenvalue weighted by Gasteiger charge is 2.19. The Bertz CT molecular complexity index is 1220. The minimum Gasteiger partial charge on any atom is -0.378 e. The molecule has 1 aliphatic heterocycles. The molecule has 2 N–H and O–H groups in total. The van der Waals surface area contributed by atoms with Crippen LogP contribution in [0.2, 0.25) is 10.0 Å². The van der Waals surface area contributed by atoms with Crippen molar-refractivity contribution in [2.75, 3.05) is 41.2 Å². The molecule has 0 amide bonds. The molecule has 1 aliphatic rings. The van der Waals surface area contributed by atoms with E-state index in [0.717, 1.165) is 24.6 Å². The van der Waals surface area contributed by atoms with Gasteiger partial charge >= 0.3 is 0 Å². The Kier molecular flexibility index (Phi) is 6.71. The first-order valence-electron chi connectivity index (χ1n) is 9.83. The van der Waals surface area contributed by atoms with Crippen LogP contribution in [0, 0.1) is 6.92 Å². The molecule has 1 fully saturated rings. The predicted octanol–water partition coefficient (Wildman–Crippen LogP) is 4.47. The van der Waals surface area contributed by atoms with Crippen molar-refractivity contribution in [1.29, 1.82) is 0 Å². The summed E-state index contributed by atoms with van der Waals surface area (Å²) < 4.78 is 33.3. The van der Waals surface area contributed by atoms with E-state index in [4.69, 9.17) is 27.9 Å². The Morgan fingerprint density at radius 3 is 2.38 bits per heavy atom. The summed E-state index contributed by atoms with van der Waals surface area (Å²) in [4.78, 5) is 11.1. The average Bonchev–Trinajstić information content (AvgIpc) is 2.77. The summed E-state index contributed by atoms with van der Waals surface area (Å²) >= 11 is 11.9. The lowest BCUT2D eigenvalue weighted by Gasteiger charge is -2.28. The molecule has 11 heteroatoms. The van der Waals surface area contributed by atoms with E-state index >= 15 is 0 Å². The van der Waals surface area contributed by atoms with E-state index in [9.17, 15) is 8.42 Å². The van der Waals surface area contributed by atoms with Crippen molar-refractivity contribution in [3.05, 3.63) is 64.3 Å². The zero-order valence-corrected chi connectivity index (χ0v) is 19.5. The maximum absolute atomic E-state index is 12.7. The fourth-order valence-electron chi connectivity index (χ4n) is 3.21. The molecule has 8 nitrogen and oxygen atoms in total. The number of aromatic nitrogens is 2. The molecule has 2 aromatic carbocycles. The molecule has 1 saturated heterocycles. The lowest BCUT2D eigenvalue weighted by Crippen LogP contribution is -2.36. The molecule has 1 aromatic heterocycles. The standard InChI is InChI=1S/C21H21Cl2N5O3S/c1-14-12-20(28-8-10-31-11-9-28)26-21(24-14)25-16-3-5-17(6-4-16)27-32(29,30)19-13-15(22)2-7-18(19)23/h2-7,12-13,27H,8-11H2,1H3,(H,24,25,26). The first-order chi connectivity index (χ1) is 15.3. The van der Waals surface area contributed by atoms with E-state index in [0.29, 0.717) is 30.5 Å². The Morgan fingerprint density at radius 1 is 0.969 bits per heavy atom. The molecule has 168 valence electrons. The summed E-state index contributed by atoms with van der Waals surface area (Å²) in [6.07, 6.45) is 0. The third kappa shape index (κ3) is 5.42. The van der Waals surface area contributed by atoms with E-state index in [2.05, 4.69) is 24.9 Å². The minimum atomic E-state index is -3.89. The molecule has 0 aliphatic carbocycles. The van der Waals surface area contributed by atoms with Crippen molar-refractivity contribution in [3.63, 3.8) is 0 Å². The molecule has 0 spiro atoms. The molecule has 32 heavy (non-hydrogen) atoms. The maximum Gasteiger partial charge on any atom is 0.263 e. The Morgan fingerprint density at radius 2 is 1.66 bits per heavy atom. The molecule has 2 heterocycles. The number of aryl methyl sites for hydroxylation is 1. The molecule has 0 unspecified atom stereocenters. The van der Waals surface area contributed by atoms with Crippen molar-refractivity contribution >= 4 is 56.4 Å². The van der Waals surface area contributed by atoms with Gasteiger partial charge in [0.2, 0.25) is 5.95 Å². The fraction of sp³-hybridized carbons (Fsp3) is 0.238. The van der Waals surface area contributed by atoms with Crippen LogP contribution in [0.4, 0.5) is 23.1 Å². The number of benzene rings is 2. The molecule has 0 bridgehead atoms. The van der Waals surface area contributed by atoms with Gasteiger partial charge in [-0.2, -0.15) is 4.98 Å². The van der Waals surface area contributed by atoms with Crippen molar-refractivity contribution in [2.45, 2.75) is 11.8 Å². The summed E-state index contributed by atoms with van der Waals surface area (Å²) in [5, 5.41) is 3.54. The van der Waals surface area contributed by atoms with Gasteiger partial charge < -0.3 is 15.0 Å². The van der Waals surface area contributed by atoms with Crippen molar-refractivity contribution < 1.29 is 13.2 Å². The van der Waals surface area contributed by atoms with Gasteiger partial charge in [0.15, 0.2) is 0 Å². The van der Waals surface area contributed by atoms with Crippen molar-refractivity contribution in [3.8, 4) is 0 Å². The number of hydrogen-bond donors (Lipinski definition) is 2. The number of hydrogen-bond acceptors (Lipinski definition) is 7. The summed E-state index contributed by atoms with van der Waals surface area (Å²) in [6, 6.07) is 13.0. The summed E-state index contributed by atoms with van der Waals surface area (Å²) in [5.74, 6) is 1.30. The topological polar surface area (TPSA) is 96.5 Å². The van der Waals surface area contributed by atoms with Crippen LogP contribution in [-0.4, -0.2) is 44.7 Å². The number of morpholine rings is 1. The lowest BCUT2D eigenvalue weighted by atomic mass is 10.3. The molecule has 4 rings (SSSR count). The summed E-state index contributed by atoms with van der Waals surface area (Å²) in [5.41, 5.74) is 1.93. The van der Waals surface area contributed by atoms with Gasteiger partial charge in [-0.15, -0.1) is 0 Å². The molecule has 0 radical (unpaired) electrons. The number of rotatable bonds is 6. The number of nitrogens with zero attached hydrogens (tertiary/aromatic N) is 3. The van der Waals surface area contributed by atoms with E-state index in [-0.39, 0.29) is 14.9 Å². The predicted molar refractivity (Wildman–Crippen MR) is 127 cm³/mol. The van der Waals surface area contributed by atoms with Crippen LogP contribution in [0.3, 0.4) is 0 Å². The second kappa shape index (κ2) is 9.50. The van der Waals surface area contributed by atoms with Crippen LogP contribution in [0.1, 0.15) is 5.69 Å². The first-order valence-corrected chi connectivity index (χ1v) is 12.1. The van der Waals surface area contributed by atoms with Crippen LogP contribution in [0.5, 0.6) is 0 Å². The molecule has 0 saturated carbocycles. The van der Waals surface area contributed by atoms with Gasteiger partial charge in [0, 0.05) is 41.2 Å². The van der Waals surface area contributed by atoms with Crippen LogP contribution in [0.25, 0.3) is 0 Å². The van der Waals surface area contributed by atoms with Crippen molar-refractivity contribution in [1.82, 2.24) is 9.97 Å². The Labute approximate surface area is 196 Å². The highest BCUT2D eigenvalue weighted by atomic mass is 35.5. The fourth-order valence-corrected chi connectivity index (χ4v) is 5.03. The van der Waals surface area contributed by atoms with Crippen LogP contribution < -0.4 is 14.9 Å². The summed E-state index contributed by atoms with van der Waals surface area (Å²) in [6.45, 7) is 4.81. The van der Waals surface area contributed by atoms with Gasteiger partial charge in [0.1, 0.15) is 10.7 Å². The molecular weight excluding hydrogens is 473 g/mol. The van der Waals surface area contributed by atoms with E-state index in [1.807, 2.05) is 13.0 Å². The van der Waals surface area contributed by atoms with E-state index < -0.39 is 10.0 Å². The zero-order valence-electron chi connectivity index (χ0n) is 17.2. The van der Waals surface area contributed by atoms with Gasteiger partial charge in [-0.25, -0.2) is 13.4 Å². The third-order valence-corrected chi connectivity index (χ3v) is 6.85.